The number of hydrogen-bond acceptors (Lipinski definition) is 1. The molecule has 1 atom stereocenters. The monoisotopic (exact) mass is 163 g/mol. The highest BCUT2D eigenvalue weighted by molar-refractivity contribution is 5.27. The van der Waals surface area contributed by atoms with Crippen LogP contribution in [0.25, 0.3) is 0 Å². The van der Waals surface area contributed by atoms with E-state index in [0.717, 1.165) is 0 Å². The standard InChI is InChI=1S/C9H11N.C2H6/c1-7-4-5-8-3-2-6-10-9(7)8;1-2/h2-3,6-7H,4-5H2,1H3;1-2H3. The van der Waals surface area contributed by atoms with Gasteiger partial charge < -0.3 is 0 Å². The van der Waals surface area contributed by atoms with E-state index >= 15 is 0 Å². The van der Waals surface area contributed by atoms with E-state index in [1.165, 1.54) is 24.1 Å². The lowest BCUT2D eigenvalue weighted by molar-refractivity contribution is 0.731. The molecular formula is C11H17N. The van der Waals surface area contributed by atoms with Gasteiger partial charge in [-0.3, -0.25) is 4.98 Å². The molecule has 1 heterocycles. The van der Waals surface area contributed by atoms with Crippen LogP contribution in [0, 0.1) is 0 Å². The summed E-state index contributed by atoms with van der Waals surface area (Å²) in [5, 5.41) is 0. The quantitative estimate of drug-likeness (QED) is 0.572. The van der Waals surface area contributed by atoms with Gasteiger partial charge in [0, 0.05) is 11.9 Å². The maximum Gasteiger partial charge on any atom is 0.0463 e. The first-order valence-electron chi connectivity index (χ1n) is 4.81. The molecule has 1 aliphatic rings. The Morgan fingerprint density at radius 1 is 1.42 bits per heavy atom. The van der Waals surface area contributed by atoms with Gasteiger partial charge in [0.2, 0.25) is 0 Å². The average molecular weight is 163 g/mol. The molecule has 0 spiro atoms. The van der Waals surface area contributed by atoms with Crippen molar-refractivity contribution in [3.8, 4) is 0 Å². The van der Waals surface area contributed by atoms with Gasteiger partial charge >= 0.3 is 0 Å². The van der Waals surface area contributed by atoms with Crippen molar-refractivity contribution in [2.24, 2.45) is 0 Å². The molecule has 0 aliphatic heterocycles. The van der Waals surface area contributed by atoms with Gasteiger partial charge in [-0.1, -0.05) is 26.8 Å². The van der Waals surface area contributed by atoms with Crippen LogP contribution in [0.2, 0.25) is 0 Å². The van der Waals surface area contributed by atoms with Gasteiger partial charge in [0.1, 0.15) is 0 Å². The maximum atomic E-state index is 4.34. The minimum atomic E-state index is 0.691. The zero-order chi connectivity index (χ0) is 8.97. The first-order valence-corrected chi connectivity index (χ1v) is 4.81. The predicted molar refractivity (Wildman–Crippen MR) is 52.3 cm³/mol. The minimum absolute atomic E-state index is 0.691. The largest absolute Gasteiger partial charge is 0.261 e. The van der Waals surface area contributed by atoms with Gasteiger partial charge in [0.05, 0.1) is 0 Å². The topological polar surface area (TPSA) is 12.9 Å². The highest BCUT2D eigenvalue weighted by Crippen LogP contribution is 2.29. The van der Waals surface area contributed by atoms with Gasteiger partial charge in [-0.05, 0) is 30.4 Å². The molecule has 0 bridgehead atoms. The predicted octanol–water partition coefficient (Wildman–Crippen LogP) is 3.16. The van der Waals surface area contributed by atoms with E-state index in [4.69, 9.17) is 0 Å². The van der Waals surface area contributed by atoms with Gasteiger partial charge in [-0.25, -0.2) is 0 Å². The van der Waals surface area contributed by atoms with Crippen LogP contribution in [0.15, 0.2) is 18.3 Å². The number of fused-ring (bicyclic) bond motifs is 1. The van der Waals surface area contributed by atoms with Crippen LogP contribution in [-0.4, -0.2) is 4.98 Å². The van der Waals surface area contributed by atoms with E-state index in [-0.39, 0.29) is 0 Å². The Morgan fingerprint density at radius 3 is 2.83 bits per heavy atom. The van der Waals surface area contributed by atoms with Crippen molar-refractivity contribution in [3.63, 3.8) is 0 Å². The summed E-state index contributed by atoms with van der Waals surface area (Å²) in [7, 11) is 0. The minimum Gasteiger partial charge on any atom is -0.261 e. The molecule has 0 amide bonds. The van der Waals surface area contributed by atoms with E-state index in [0.29, 0.717) is 5.92 Å². The molecule has 0 saturated heterocycles. The molecule has 66 valence electrons. The summed E-state index contributed by atoms with van der Waals surface area (Å²) in [4.78, 5) is 4.34. The molecule has 2 rings (SSSR count). The van der Waals surface area contributed by atoms with Crippen molar-refractivity contribution in [3.05, 3.63) is 29.6 Å². The number of hydrogen-bond donors (Lipinski definition) is 0. The average Bonchev–Trinajstić information content (AvgIpc) is 2.53. The van der Waals surface area contributed by atoms with Gasteiger partial charge in [0.25, 0.3) is 0 Å². The zero-order valence-electron chi connectivity index (χ0n) is 8.17. The molecule has 1 aliphatic carbocycles. The van der Waals surface area contributed by atoms with Crippen LogP contribution in [0.5, 0.6) is 0 Å². The molecule has 0 radical (unpaired) electrons. The summed E-state index contributed by atoms with van der Waals surface area (Å²) < 4.78 is 0. The fourth-order valence-corrected chi connectivity index (χ4v) is 1.61. The zero-order valence-corrected chi connectivity index (χ0v) is 8.17. The second-order valence-electron chi connectivity index (χ2n) is 2.99. The Kier molecular flexibility index (Phi) is 3.27. The lowest BCUT2D eigenvalue weighted by atomic mass is 10.1. The molecule has 1 unspecified atom stereocenters. The van der Waals surface area contributed by atoms with E-state index in [9.17, 15) is 0 Å². The van der Waals surface area contributed by atoms with Crippen molar-refractivity contribution < 1.29 is 0 Å². The highest BCUT2D eigenvalue weighted by atomic mass is 14.7. The van der Waals surface area contributed by atoms with Crippen LogP contribution >= 0.6 is 0 Å². The van der Waals surface area contributed by atoms with Crippen LogP contribution in [0.3, 0.4) is 0 Å². The molecule has 12 heavy (non-hydrogen) atoms. The number of aromatic nitrogens is 1. The lowest BCUT2D eigenvalue weighted by Gasteiger charge is -1.99. The molecule has 0 saturated carbocycles. The van der Waals surface area contributed by atoms with Crippen LogP contribution in [-0.2, 0) is 6.42 Å². The molecular weight excluding hydrogens is 146 g/mol. The van der Waals surface area contributed by atoms with E-state index in [2.05, 4.69) is 18.0 Å². The van der Waals surface area contributed by atoms with Gasteiger partial charge in [0.15, 0.2) is 0 Å². The highest BCUT2D eigenvalue weighted by Gasteiger charge is 2.18. The third kappa shape index (κ3) is 1.66. The normalized spacial score (nSPS) is 19.4. The van der Waals surface area contributed by atoms with E-state index in [1.807, 2.05) is 26.1 Å². The molecule has 1 nitrogen and oxygen atoms in total. The lowest BCUT2D eigenvalue weighted by Crippen LogP contribution is -1.89. The van der Waals surface area contributed by atoms with Gasteiger partial charge in [-0.2, -0.15) is 0 Å². The Bertz CT molecular complexity index is 243. The smallest absolute Gasteiger partial charge is 0.0463 e. The van der Waals surface area contributed by atoms with Crippen LogP contribution in [0.4, 0.5) is 0 Å². The number of rotatable bonds is 0. The summed E-state index contributed by atoms with van der Waals surface area (Å²) in [6.45, 7) is 6.25. The molecule has 0 aromatic carbocycles. The Balaban J connectivity index is 0.000000336. The SMILES string of the molecule is CC.CC1CCc2cccnc21. The van der Waals surface area contributed by atoms with E-state index in [1.54, 1.807) is 0 Å². The fourth-order valence-electron chi connectivity index (χ4n) is 1.61. The number of aryl methyl sites for hydroxylation is 1. The Labute approximate surface area is 74.8 Å². The van der Waals surface area contributed by atoms with Gasteiger partial charge in [-0.15, -0.1) is 0 Å². The number of nitrogens with zero attached hydrogens (tertiary/aromatic N) is 1. The van der Waals surface area contributed by atoms with Crippen molar-refractivity contribution in [2.45, 2.75) is 39.5 Å². The number of pyridine rings is 1. The molecule has 1 aromatic rings. The third-order valence-corrected chi connectivity index (χ3v) is 2.24. The Morgan fingerprint density at radius 2 is 2.17 bits per heavy atom. The molecule has 1 aromatic heterocycles. The van der Waals surface area contributed by atoms with Crippen molar-refractivity contribution in [2.75, 3.05) is 0 Å². The van der Waals surface area contributed by atoms with Crippen molar-refractivity contribution in [1.29, 1.82) is 0 Å². The van der Waals surface area contributed by atoms with Crippen molar-refractivity contribution >= 4 is 0 Å². The first kappa shape index (κ1) is 9.24. The molecule has 0 fully saturated rings. The fraction of sp³-hybridized carbons (Fsp3) is 0.545. The summed E-state index contributed by atoms with van der Waals surface area (Å²) in [5.41, 5.74) is 2.78. The second kappa shape index (κ2) is 4.24. The summed E-state index contributed by atoms with van der Waals surface area (Å²) >= 11 is 0. The van der Waals surface area contributed by atoms with Crippen molar-refractivity contribution in [1.82, 2.24) is 4.98 Å². The Hall–Kier alpha value is -0.850. The first-order chi connectivity index (χ1) is 5.88. The summed E-state index contributed by atoms with van der Waals surface area (Å²) in [5.74, 6) is 0.691. The van der Waals surface area contributed by atoms with Crippen LogP contribution < -0.4 is 0 Å². The molecule has 0 N–H and O–H groups in total. The van der Waals surface area contributed by atoms with E-state index < -0.39 is 0 Å². The maximum absolute atomic E-state index is 4.34. The summed E-state index contributed by atoms with van der Waals surface area (Å²) in [6, 6.07) is 4.21. The van der Waals surface area contributed by atoms with Crippen LogP contribution in [0.1, 0.15) is 44.4 Å². The second-order valence-corrected chi connectivity index (χ2v) is 2.99. The third-order valence-electron chi connectivity index (χ3n) is 2.24. The summed E-state index contributed by atoms with van der Waals surface area (Å²) in [6.07, 6.45) is 4.40. The molecule has 1 heteroatoms.